The van der Waals surface area contributed by atoms with Gasteiger partial charge in [-0.05, 0) is 25.2 Å². The van der Waals surface area contributed by atoms with E-state index in [2.05, 4.69) is 28.7 Å². The van der Waals surface area contributed by atoms with E-state index in [0.29, 0.717) is 17.7 Å². The molecule has 1 saturated heterocycles. The number of hydrogen-bond donors (Lipinski definition) is 1. The van der Waals surface area contributed by atoms with E-state index in [-0.39, 0.29) is 5.91 Å². The maximum Gasteiger partial charge on any atom is 0.274 e. The number of anilines is 1. The summed E-state index contributed by atoms with van der Waals surface area (Å²) >= 11 is 0. The number of carbonyl (C=O) groups is 1. The molecule has 1 aromatic heterocycles. The predicted molar refractivity (Wildman–Crippen MR) is 74.2 cm³/mol. The third kappa shape index (κ3) is 2.22. The topological polar surface area (TPSA) is 50.2 Å². The molecular formula is C14H22N4O. The molecule has 1 amide bonds. The van der Waals surface area contributed by atoms with Crippen molar-refractivity contribution in [2.75, 3.05) is 18.4 Å². The van der Waals surface area contributed by atoms with E-state index in [0.717, 1.165) is 44.8 Å². The highest BCUT2D eigenvalue weighted by atomic mass is 16.2. The Bertz CT molecular complexity index is 456. The van der Waals surface area contributed by atoms with Crippen LogP contribution >= 0.6 is 0 Å². The smallest absolute Gasteiger partial charge is 0.274 e. The monoisotopic (exact) mass is 262 g/mol. The van der Waals surface area contributed by atoms with Crippen LogP contribution < -0.4 is 5.32 Å². The van der Waals surface area contributed by atoms with Crippen LogP contribution in [0.25, 0.3) is 0 Å². The van der Waals surface area contributed by atoms with Crippen LogP contribution in [0, 0.1) is 5.92 Å². The minimum absolute atomic E-state index is 0.0971. The summed E-state index contributed by atoms with van der Waals surface area (Å²) in [6.45, 7) is 7.16. The minimum atomic E-state index is 0.0971. The second-order valence-corrected chi connectivity index (χ2v) is 5.88. The Morgan fingerprint density at radius 1 is 1.42 bits per heavy atom. The summed E-state index contributed by atoms with van der Waals surface area (Å²) < 4.78 is 2.05. The molecule has 3 heterocycles. The van der Waals surface area contributed by atoms with Crippen LogP contribution in [0.5, 0.6) is 0 Å². The summed E-state index contributed by atoms with van der Waals surface area (Å²) in [6, 6.07) is 0.374. The molecule has 0 saturated carbocycles. The van der Waals surface area contributed by atoms with Gasteiger partial charge in [0.05, 0.1) is 0 Å². The molecule has 1 unspecified atom stereocenters. The maximum atomic E-state index is 12.6. The van der Waals surface area contributed by atoms with Gasteiger partial charge >= 0.3 is 0 Å². The second kappa shape index (κ2) is 4.87. The lowest BCUT2D eigenvalue weighted by molar-refractivity contribution is 0.0696. The Labute approximate surface area is 114 Å². The number of nitrogens with one attached hydrogen (secondary N) is 1. The quantitative estimate of drug-likeness (QED) is 0.886. The van der Waals surface area contributed by atoms with Gasteiger partial charge in [0.1, 0.15) is 5.69 Å². The number of fused-ring (bicyclic) bond motifs is 1. The van der Waals surface area contributed by atoms with Gasteiger partial charge in [-0.15, -0.1) is 0 Å². The fraction of sp³-hybridized carbons (Fsp3) is 0.714. The molecular weight excluding hydrogens is 240 g/mol. The molecule has 5 nitrogen and oxygen atoms in total. The molecule has 0 bridgehead atoms. The lowest BCUT2D eigenvalue weighted by Gasteiger charge is -2.26. The number of imidazole rings is 1. The fourth-order valence-corrected chi connectivity index (χ4v) is 3.17. The summed E-state index contributed by atoms with van der Waals surface area (Å²) in [6.07, 6.45) is 5.23. The van der Waals surface area contributed by atoms with Crippen LogP contribution in [0.15, 0.2) is 6.20 Å². The number of amides is 1. The van der Waals surface area contributed by atoms with E-state index >= 15 is 0 Å². The molecule has 104 valence electrons. The van der Waals surface area contributed by atoms with Crippen molar-refractivity contribution in [1.82, 2.24) is 14.5 Å². The van der Waals surface area contributed by atoms with Gasteiger partial charge in [0, 0.05) is 31.9 Å². The summed E-state index contributed by atoms with van der Waals surface area (Å²) in [7, 11) is 0. The molecule has 2 aliphatic heterocycles. The average Bonchev–Trinajstić information content (AvgIpc) is 3.04. The van der Waals surface area contributed by atoms with Crippen LogP contribution in [-0.2, 0) is 6.54 Å². The molecule has 0 radical (unpaired) electrons. The first-order valence-electron chi connectivity index (χ1n) is 7.29. The number of aromatic nitrogens is 2. The Balaban J connectivity index is 1.81. The zero-order valence-electron chi connectivity index (χ0n) is 11.7. The Hall–Kier alpha value is -1.52. The molecule has 1 aromatic rings. The maximum absolute atomic E-state index is 12.6. The average molecular weight is 262 g/mol. The van der Waals surface area contributed by atoms with Gasteiger partial charge in [0.15, 0.2) is 0 Å². The highest BCUT2D eigenvalue weighted by Gasteiger charge is 2.32. The van der Waals surface area contributed by atoms with E-state index in [1.54, 1.807) is 0 Å². The number of rotatable bonds is 2. The van der Waals surface area contributed by atoms with Crippen molar-refractivity contribution in [3.63, 3.8) is 0 Å². The lowest BCUT2D eigenvalue weighted by Crippen LogP contribution is -2.38. The van der Waals surface area contributed by atoms with E-state index in [1.807, 2.05) is 11.1 Å². The van der Waals surface area contributed by atoms with Gasteiger partial charge < -0.3 is 14.8 Å². The number of carbonyl (C=O) groups excluding carboxylic acids is 1. The number of likely N-dealkylation sites (tertiary alicyclic amines) is 1. The van der Waals surface area contributed by atoms with Gasteiger partial charge in [-0.25, -0.2) is 4.98 Å². The molecule has 5 heteroatoms. The zero-order valence-corrected chi connectivity index (χ0v) is 11.7. The van der Waals surface area contributed by atoms with Gasteiger partial charge in [0.25, 0.3) is 5.91 Å². The van der Waals surface area contributed by atoms with Crippen molar-refractivity contribution >= 4 is 11.9 Å². The van der Waals surface area contributed by atoms with Crippen LogP contribution in [0.4, 0.5) is 5.95 Å². The van der Waals surface area contributed by atoms with E-state index in [1.165, 1.54) is 0 Å². The highest BCUT2D eigenvalue weighted by Crippen LogP contribution is 2.26. The first kappa shape index (κ1) is 12.5. The van der Waals surface area contributed by atoms with Crippen molar-refractivity contribution in [2.45, 2.75) is 45.7 Å². The molecule has 1 N–H and O–H groups in total. The summed E-state index contributed by atoms with van der Waals surface area (Å²) in [5.74, 6) is 1.46. The largest absolute Gasteiger partial charge is 0.356 e. The Morgan fingerprint density at radius 2 is 2.26 bits per heavy atom. The van der Waals surface area contributed by atoms with Crippen LogP contribution in [0.2, 0.25) is 0 Å². The van der Waals surface area contributed by atoms with Crippen molar-refractivity contribution in [1.29, 1.82) is 0 Å². The van der Waals surface area contributed by atoms with E-state index < -0.39 is 0 Å². The number of aryl methyl sites for hydroxylation is 1. The number of hydrogen-bond acceptors (Lipinski definition) is 3. The van der Waals surface area contributed by atoms with Crippen LogP contribution in [-0.4, -0.2) is 39.5 Å². The lowest BCUT2D eigenvalue weighted by atomic mass is 10.0. The van der Waals surface area contributed by atoms with Crippen molar-refractivity contribution in [3.8, 4) is 0 Å². The standard InChI is InChI=1S/C14H22N4O/c1-10(2)12-5-3-8-18(12)13(19)11-9-17-7-4-6-15-14(17)16-11/h9-10,12H,3-8H2,1-2H3,(H,15,16). The molecule has 2 aliphatic rings. The van der Waals surface area contributed by atoms with Crippen LogP contribution in [0.3, 0.4) is 0 Å². The SMILES string of the molecule is CC(C)C1CCCN1C(=O)c1cn2c(n1)NCCC2. The molecule has 3 rings (SSSR count). The fourth-order valence-electron chi connectivity index (χ4n) is 3.17. The molecule has 0 spiro atoms. The molecule has 1 atom stereocenters. The van der Waals surface area contributed by atoms with E-state index in [9.17, 15) is 4.79 Å². The molecule has 1 fully saturated rings. The molecule has 0 aromatic carbocycles. The second-order valence-electron chi connectivity index (χ2n) is 5.88. The minimum Gasteiger partial charge on any atom is -0.356 e. The summed E-state index contributed by atoms with van der Waals surface area (Å²) in [4.78, 5) is 19.1. The molecule has 19 heavy (non-hydrogen) atoms. The first-order chi connectivity index (χ1) is 9.16. The highest BCUT2D eigenvalue weighted by molar-refractivity contribution is 5.93. The summed E-state index contributed by atoms with van der Waals surface area (Å²) in [5, 5.41) is 3.24. The first-order valence-corrected chi connectivity index (χ1v) is 7.29. The van der Waals surface area contributed by atoms with Crippen molar-refractivity contribution < 1.29 is 4.79 Å². The van der Waals surface area contributed by atoms with E-state index in [4.69, 9.17) is 0 Å². The van der Waals surface area contributed by atoms with Crippen molar-refractivity contribution in [3.05, 3.63) is 11.9 Å². The normalized spacial score (nSPS) is 22.5. The van der Waals surface area contributed by atoms with Gasteiger partial charge in [-0.3, -0.25) is 4.79 Å². The Morgan fingerprint density at radius 3 is 3.00 bits per heavy atom. The van der Waals surface area contributed by atoms with Gasteiger partial charge in [0.2, 0.25) is 5.95 Å². The third-order valence-corrected chi connectivity index (χ3v) is 4.18. The van der Waals surface area contributed by atoms with Gasteiger partial charge in [-0.2, -0.15) is 0 Å². The number of nitrogens with zero attached hydrogens (tertiary/aromatic N) is 3. The zero-order chi connectivity index (χ0) is 13.4. The molecule has 0 aliphatic carbocycles. The summed E-state index contributed by atoms with van der Waals surface area (Å²) in [5.41, 5.74) is 0.594. The van der Waals surface area contributed by atoms with Crippen LogP contribution in [0.1, 0.15) is 43.6 Å². The third-order valence-electron chi connectivity index (χ3n) is 4.18. The Kier molecular flexibility index (Phi) is 3.21. The van der Waals surface area contributed by atoms with Gasteiger partial charge in [-0.1, -0.05) is 13.8 Å². The van der Waals surface area contributed by atoms with Crippen molar-refractivity contribution in [2.24, 2.45) is 5.92 Å². The predicted octanol–water partition coefficient (Wildman–Crippen LogP) is 1.96.